The van der Waals surface area contributed by atoms with E-state index < -0.39 is 0 Å². The zero-order chi connectivity index (χ0) is 16.4. The molecule has 0 spiro atoms. The van der Waals surface area contributed by atoms with Gasteiger partial charge in [0.15, 0.2) is 5.75 Å². The molecule has 1 fully saturated rings. The lowest BCUT2D eigenvalue weighted by Crippen LogP contribution is -2.38. The summed E-state index contributed by atoms with van der Waals surface area (Å²) in [4.78, 5) is 3.77. The maximum Gasteiger partial charge on any atom is 0.156 e. The van der Waals surface area contributed by atoms with E-state index in [1.54, 1.807) is 11.3 Å². The van der Waals surface area contributed by atoms with E-state index in [-0.39, 0.29) is 0 Å². The van der Waals surface area contributed by atoms with Gasteiger partial charge in [-0.25, -0.2) is 0 Å². The van der Waals surface area contributed by atoms with Crippen molar-refractivity contribution in [1.29, 1.82) is 0 Å². The van der Waals surface area contributed by atoms with E-state index in [1.807, 2.05) is 30.3 Å². The molecule has 0 unspecified atom stereocenters. The van der Waals surface area contributed by atoms with Crippen LogP contribution in [-0.2, 0) is 11.3 Å². The standard InChI is InChI=1S/C19H22N2O2S/c1-15-18(23-16-5-3-2-4-6-16)17-7-14-24-19(17)21(15)9-8-20-10-12-22-13-11-20/h2-7,14H,8-13H2,1H3. The zero-order valence-electron chi connectivity index (χ0n) is 13.9. The zero-order valence-corrected chi connectivity index (χ0v) is 14.7. The molecule has 0 atom stereocenters. The number of thiophene rings is 1. The highest BCUT2D eigenvalue weighted by Crippen LogP contribution is 2.38. The van der Waals surface area contributed by atoms with Gasteiger partial charge < -0.3 is 14.0 Å². The fourth-order valence-corrected chi connectivity index (χ4v) is 4.20. The van der Waals surface area contributed by atoms with Gasteiger partial charge in [0.25, 0.3) is 0 Å². The van der Waals surface area contributed by atoms with Crippen molar-refractivity contribution >= 4 is 21.6 Å². The number of benzene rings is 1. The van der Waals surface area contributed by atoms with Crippen LogP contribution in [0.15, 0.2) is 41.8 Å². The summed E-state index contributed by atoms with van der Waals surface area (Å²) in [5.74, 6) is 1.87. The number of para-hydroxylation sites is 1. The molecule has 1 aliphatic heterocycles. The molecular weight excluding hydrogens is 320 g/mol. The van der Waals surface area contributed by atoms with Crippen LogP contribution >= 0.6 is 11.3 Å². The Morgan fingerprint density at radius 3 is 2.67 bits per heavy atom. The average Bonchev–Trinajstić information content (AvgIpc) is 3.18. The average molecular weight is 342 g/mol. The first-order valence-electron chi connectivity index (χ1n) is 8.42. The van der Waals surface area contributed by atoms with Crippen molar-refractivity contribution in [3.05, 3.63) is 47.5 Å². The highest BCUT2D eigenvalue weighted by Gasteiger charge is 2.18. The largest absolute Gasteiger partial charge is 0.455 e. The first-order valence-corrected chi connectivity index (χ1v) is 9.30. The smallest absolute Gasteiger partial charge is 0.156 e. The SMILES string of the molecule is Cc1c(Oc2ccccc2)c2ccsc2n1CCN1CCOCC1. The van der Waals surface area contributed by atoms with Crippen molar-refractivity contribution in [2.45, 2.75) is 13.5 Å². The van der Waals surface area contributed by atoms with Gasteiger partial charge in [0.1, 0.15) is 10.6 Å². The minimum atomic E-state index is 0.849. The van der Waals surface area contributed by atoms with Crippen LogP contribution in [0.1, 0.15) is 5.69 Å². The molecule has 2 aromatic heterocycles. The van der Waals surface area contributed by atoms with Crippen LogP contribution < -0.4 is 4.74 Å². The van der Waals surface area contributed by atoms with E-state index in [2.05, 4.69) is 27.8 Å². The summed E-state index contributed by atoms with van der Waals surface area (Å²) in [6.45, 7) is 7.95. The predicted octanol–water partition coefficient (Wildman–Crippen LogP) is 4.14. The number of morpholine rings is 1. The van der Waals surface area contributed by atoms with E-state index >= 15 is 0 Å². The summed E-state index contributed by atoms with van der Waals surface area (Å²) >= 11 is 1.79. The Morgan fingerprint density at radius 2 is 1.88 bits per heavy atom. The summed E-state index contributed by atoms with van der Waals surface area (Å²) in [6, 6.07) is 12.2. The van der Waals surface area contributed by atoms with E-state index in [1.165, 1.54) is 15.9 Å². The van der Waals surface area contributed by atoms with Crippen molar-refractivity contribution in [1.82, 2.24) is 9.47 Å². The number of rotatable bonds is 5. The van der Waals surface area contributed by atoms with Crippen LogP contribution in [0.5, 0.6) is 11.5 Å². The number of aromatic nitrogens is 1. The second-order valence-electron chi connectivity index (χ2n) is 6.07. The molecule has 0 amide bonds. The number of hydrogen-bond donors (Lipinski definition) is 0. The van der Waals surface area contributed by atoms with Gasteiger partial charge in [-0.1, -0.05) is 18.2 Å². The topological polar surface area (TPSA) is 26.6 Å². The Labute approximate surface area is 146 Å². The molecule has 126 valence electrons. The van der Waals surface area contributed by atoms with Crippen LogP contribution in [0, 0.1) is 6.92 Å². The van der Waals surface area contributed by atoms with Crippen molar-refractivity contribution in [2.24, 2.45) is 0 Å². The van der Waals surface area contributed by atoms with E-state index in [0.29, 0.717) is 0 Å². The number of ether oxygens (including phenoxy) is 2. The molecule has 5 heteroatoms. The quantitative estimate of drug-likeness (QED) is 0.697. The normalized spacial score (nSPS) is 15.9. The van der Waals surface area contributed by atoms with Crippen LogP contribution in [0.25, 0.3) is 10.2 Å². The van der Waals surface area contributed by atoms with Crippen LogP contribution in [0.3, 0.4) is 0 Å². The van der Waals surface area contributed by atoms with Crippen molar-refractivity contribution < 1.29 is 9.47 Å². The molecule has 3 aromatic rings. The third-order valence-corrected chi connectivity index (χ3v) is 5.51. The highest BCUT2D eigenvalue weighted by atomic mass is 32.1. The van der Waals surface area contributed by atoms with Gasteiger partial charge >= 0.3 is 0 Å². The lowest BCUT2D eigenvalue weighted by Gasteiger charge is -2.26. The predicted molar refractivity (Wildman–Crippen MR) is 98.3 cm³/mol. The first kappa shape index (κ1) is 15.7. The Hall–Kier alpha value is -1.82. The lowest BCUT2D eigenvalue weighted by molar-refractivity contribution is 0.0365. The number of fused-ring (bicyclic) bond motifs is 1. The second-order valence-corrected chi connectivity index (χ2v) is 6.97. The Kier molecular flexibility index (Phi) is 4.56. The van der Waals surface area contributed by atoms with Gasteiger partial charge in [0, 0.05) is 26.2 Å². The lowest BCUT2D eigenvalue weighted by atomic mass is 10.3. The fraction of sp³-hybridized carbons (Fsp3) is 0.368. The van der Waals surface area contributed by atoms with Crippen molar-refractivity contribution in [3.63, 3.8) is 0 Å². The molecule has 4 nitrogen and oxygen atoms in total. The molecule has 1 aliphatic rings. The molecule has 0 bridgehead atoms. The highest BCUT2D eigenvalue weighted by molar-refractivity contribution is 7.16. The van der Waals surface area contributed by atoms with Gasteiger partial charge in [-0.3, -0.25) is 4.90 Å². The monoisotopic (exact) mass is 342 g/mol. The minimum absolute atomic E-state index is 0.849. The Bertz CT molecular complexity index is 804. The van der Waals surface area contributed by atoms with Crippen molar-refractivity contribution in [3.8, 4) is 11.5 Å². The maximum atomic E-state index is 6.21. The molecular formula is C19H22N2O2S. The first-order chi connectivity index (χ1) is 11.8. The Balaban J connectivity index is 1.59. The minimum Gasteiger partial charge on any atom is -0.455 e. The molecule has 0 N–H and O–H groups in total. The van der Waals surface area contributed by atoms with E-state index in [0.717, 1.165) is 50.9 Å². The molecule has 24 heavy (non-hydrogen) atoms. The summed E-state index contributed by atoms with van der Waals surface area (Å²) in [5, 5.41) is 3.36. The van der Waals surface area contributed by atoms with Gasteiger partial charge in [-0.2, -0.15) is 0 Å². The summed E-state index contributed by atoms with van der Waals surface area (Å²) < 4.78 is 14.0. The fourth-order valence-electron chi connectivity index (χ4n) is 3.22. The molecule has 1 aromatic carbocycles. The third kappa shape index (κ3) is 3.07. The summed E-state index contributed by atoms with van der Waals surface area (Å²) in [7, 11) is 0. The van der Waals surface area contributed by atoms with Gasteiger partial charge in [0.2, 0.25) is 0 Å². The summed E-state index contributed by atoms with van der Waals surface area (Å²) in [6.07, 6.45) is 0. The van der Waals surface area contributed by atoms with Crippen LogP contribution in [-0.4, -0.2) is 42.3 Å². The molecule has 0 saturated carbocycles. The van der Waals surface area contributed by atoms with E-state index in [4.69, 9.17) is 9.47 Å². The van der Waals surface area contributed by atoms with Crippen molar-refractivity contribution in [2.75, 3.05) is 32.8 Å². The van der Waals surface area contributed by atoms with Gasteiger partial charge in [-0.15, -0.1) is 11.3 Å². The van der Waals surface area contributed by atoms with E-state index in [9.17, 15) is 0 Å². The third-order valence-electron chi connectivity index (χ3n) is 4.57. The maximum absolute atomic E-state index is 6.21. The van der Waals surface area contributed by atoms with Crippen LogP contribution in [0.2, 0.25) is 0 Å². The van der Waals surface area contributed by atoms with Gasteiger partial charge in [-0.05, 0) is 30.5 Å². The molecule has 4 rings (SSSR count). The van der Waals surface area contributed by atoms with Gasteiger partial charge in [0.05, 0.1) is 24.3 Å². The molecule has 0 aliphatic carbocycles. The van der Waals surface area contributed by atoms with Crippen LogP contribution in [0.4, 0.5) is 0 Å². The molecule has 3 heterocycles. The summed E-state index contributed by atoms with van der Waals surface area (Å²) in [5.41, 5.74) is 1.20. The second kappa shape index (κ2) is 6.97. The molecule has 0 radical (unpaired) electrons. The number of nitrogens with zero attached hydrogens (tertiary/aromatic N) is 2. The molecule has 1 saturated heterocycles. The Morgan fingerprint density at radius 1 is 1.08 bits per heavy atom. The number of hydrogen-bond acceptors (Lipinski definition) is 4.